The van der Waals surface area contributed by atoms with E-state index in [-0.39, 0.29) is 12.4 Å². The van der Waals surface area contributed by atoms with Crippen molar-refractivity contribution in [3.63, 3.8) is 0 Å². The molecule has 0 saturated carbocycles. The maximum Gasteiger partial charge on any atom is 0.303 e. The summed E-state index contributed by atoms with van der Waals surface area (Å²) in [6, 6.07) is 6.97. The minimum absolute atomic E-state index is 0.0975. The van der Waals surface area contributed by atoms with Crippen LogP contribution in [0.15, 0.2) is 30.5 Å². The third kappa shape index (κ3) is 3.17. The zero-order valence-corrected chi connectivity index (χ0v) is 12.4. The Morgan fingerprint density at radius 1 is 1.39 bits per heavy atom. The van der Waals surface area contributed by atoms with Gasteiger partial charge in [-0.1, -0.05) is 18.2 Å². The highest BCUT2D eigenvalue weighted by molar-refractivity contribution is 6.02. The van der Waals surface area contributed by atoms with Gasteiger partial charge in [-0.15, -0.1) is 0 Å². The van der Waals surface area contributed by atoms with Crippen LogP contribution in [0.4, 0.5) is 0 Å². The van der Waals surface area contributed by atoms with Crippen LogP contribution in [0, 0.1) is 0 Å². The lowest BCUT2D eigenvalue weighted by Gasteiger charge is -2.20. The van der Waals surface area contributed by atoms with Crippen LogP contribution in [0.25, 0.3) is 21.9 Å². The lowest BCUT2D eigenvalue weighted by Crippen LogP contribution is -2.27. The summed E-state index contributed by atoms with van der Waals surface area (Å²) >= 11 is 0. The number of pyridine rings is 1. The molecule has 2 heterocycles. The number of rotatable bonds is 4. The second-order valence-electron chi connectivity index (χ2n) is 5.26. The van der Waals surface area contributed by atoms with Gasteiger partial charge in [0.15, 0.2) is 0 Å². The number of para-hydroxylation sites is 1. The third-order valence-electron chi connectivity index (χ3n) is 3.35. The fraction of sp³-hybridized carbons (Fsp3) is 0.353. The molecule has 0 amide bonds. The van der Waals surface area contributed by atoms with Gasteiger partial charge in [0.25, 0.3) is 0 Å². The predicted molar refractivity (Wildman–Crippen MR) is 86.8 cm³/mol. The van der Waals surface area contributed by atoms with Gasteiger partial charge in [-0.25, -0.2) is 4.98 Å². The molecule has 1 aromatic carbocycles. The Morgan fingerprint density at radius 3 is 2.91 bits per heavy atom. The molecule has 0 atom stereocenters. The van der Waals surface area contributed by atoms with E-state index in [1.165, 1.54) is 17.7 Å². The Bertz CT molecular complexity index is 1060. The Hall–Kier alpha value is -2.47. The number of aromatic nitrogens is 3. The Kier molecular flexibility index (Phi) is 2.35. The van der Waals surface area contributed by atoms with Crippen molar-refractivity contribution in [2.75, 3.05) is 0 Å². The van der Waals surface area contributed by atoms with Crippen molar-refractivity contribution >= 4 is 27.9 Å². The first-order chi connectivity index (χ1) is 13.3. The third-order valence-corrected chi connectivity index (χ3v) is 3.35. The molecule has 0 fully saturated rings. The molecule has 0 unspecified atom stereocenters. The summed E-state index contributed by atoms with van der Waals surface area (Å²) in [4.78, 5) is 19.9. The molecular formula is C17H19N3O3. The SMILES string of the molecule is [2H]C([2H])([2H])C(O)(Cn1c(COC(C)=O)nc2cnc3ccccc3c21)C([2H])([2H])[2H]. The average molecular weight is 319 g/mol. The van der Waals surface area contributed by atoms with Gasteiger partial charge >= 0.3 is 5.97 Å². The molecule has 1 N–H and O–H groups in total. The van der Waals surface area contributed by atoms with Crippen molar-refractivity contribution < 1.29 is 22.9 Å². The molecule has 3 rings (SSSR count). The Balaban J connectivity index is 2.29. The first-order valence-electron chi connectivity index (χ1n) is 9.94. The van der Waals surface area contributed by atoms with Crippen LogP contribution in [0.3, 0.4) is 0 Å². The zero-order chi connectivity index (χ0) is 21.6. The molecule has 0 saturated heterocycles. The van der Waals surface area contributed by atoms with Crippen LogP contribution in [-0.4, -0.2) is 31.2 Å². The fourth-order valence-electron chi connectivity index (χ4n) is 2.49. The summed E-state index contributed by atoms with van der Waals surface area (Å²) in [5.74, 6) is -0.492. The van der Waals surface area contributed by atoms with E-state index in [1.807, 2.05) is 0 Å². The van der Waals surface area contributed by atoms with E-state index in [9.17, 15) is 9.90 Å². The molecule has 2 aromatic heterocycles. The first-order valence-corrected chi connectivity index (χ1v) is 6.94. The van der Waals surface area contributed by atoms with Crippen molar-refractivity contribution in [3.05, 3.63) is 36.3 Å². The molecular weight excluding hydrogens is 294 g/mol. The van der Waals surface area contributed by atoms with Gasteiger partial charge in [-0.2, -0.15) is 0 Å². The van der Waals surface area contributed by atoms with Gasteiger partial charge in [0.2, 0.25) is 0 Å². The maximum atomic E-state index is 11.3. The molecule has 0 spiro atoms. The molecule has 6 nitrogen and oxygen atoms in total. The number of carbonyl (C=O) groups is 1. The van der Waals surface area contributed by atoms with Crippen LogP contribution in [-0.2, 0) is 22.7 Å². The van der Waals surface area contributed by atoms with Gasteiger partial charge in [-0.3, -0.25) is 9.78 Å². The molecule has 0 radical (unpaired) electrons. The number of imidazole rings is 1. The van der Waals surface area contributed by atoms with Gasteiger partial charge in [0.05, 0.1) is 29.4 Å². The quantitative estimate of drug-likeness (QED) is 0.747. The number of hydrogen-bond acceptors (Lipinski definition) is 5. The van der Waals surface area contributed by atoms with Crippen LogP contribution < -0.4 is 0 Å². The van der Waals surface area contributed by atoms with E-state index >= 15 is 0 Å². The highest BCUT2D eigenvalue weighted by atomic mass is 16.5. The smallest absolute Gasteiger partial charge is 0.303 e. The molecule has 0 aliphatic rings. The normalized spacial score (nSPS) is 17.0. The molecule has 120 valence electrons. The maximum absolute atomic E-state index is 11.3. The van der Waals surface area contributed by atoms with Gasteiger partial charge in [-0.05, 0) is 19.8 Å². The van der Waals surface area contributed by atoms with Gasteiger partial charge in [0.1, 0.15) is 17.9 Å². The monoisotopic (exact) mass is 319 g/mol. The lowest BCUT2D eigenvalue weighted by atomic mass is 10.1. The van der Waals surface area contributed by atoms with E-state index in [2.05, 4.69) is 9.97 Å². The van der Waals surface area contributed by atoms with E-state index in [4.69, 9.17) is 13.0 Å². The van der Waals surface area contributed by atoms with Crippen LogP contribution in [0.2, 0.25) is 0 Å². The van der Waals surface area contributed by atoms with E-state index < -0.39 is 31.8 Å². The Labute approximate surface area is 142 Å². The summed E-state index contributed by atoms with van der Waals surface area (Å²) in [7, 11) is 0. The molecule has 6 heteroatoms. The molecule has 0 aliphatic carbocycles. The van der Waals surface area contributed by atoms with Crippen LogP contribution in [0.5, 0.6) is 0 Å². The molecule has 0 bridgehead atoms. The summed E-state index contributed by atoms with van der Waals surface area (Å²) in [6.45, 7) is -6.35. The number of ether oxygens (including phenoxy) is 1. The number of carbonyl (C=O) groups excluding carboxylic acids is 1. The number of hydrogen-bond donors (Lipinski definition) is 1. The highest BCUT2D eigenvalue weighted by Crippen LogP contribution is 2.26. The Morgan fingerprint density at radius 2 is 2.17 bits per heavy atom. The standard InChI is InChI=1S/C17H19N3O3/c1-11(21)23-9-15-19-14-8-18-13-7-5-4-6-12(13)16(14)20(15)10-17(2,3)22/h4-8,22H,9-10H2,1-3H3/i2D3,3D3. The van der Waals surface area contributed by atoms with Crippen molar-refractivity contribution in [1.82, 2.24) is 14.5 Å². The topological polar surface area (TPSA) is 77.2 Å². The number of aliphatic hydroxyl groups is 1. The second-order valence-corrected chi connectivity index (χ2v) is 5.26. The first kappa shape index (κ1) is 9.62. The van der Waals surface area contributed by atoms with Gasteiger partial charge in [0, 0.05) is 20.5 Å². The summed E-state index contributed by atoms with van der Waals surface area (Å²) in [5.41, 5.74) is -1.73. The van der Waals surface area contributed by atoms with Crippen LogP contribution >= 0.6 is 0 Å². The molecule has 0 aliphatic heterocycles. The number of benzene rings is 1. The van der Waals surface area contributed by atoms with E-state index in [0.29, 0.717) is 21.9 Å². The summed E-state index contributed by atoms with van der Waals surface area (Å²) in [5, 5.41) is 11.4. The van der Waals surface area contributed by atoms with E-state index in [1.54, 1.807) is 24.3 Å². The van der Waals surface area contributed by atoms with Crippen molar-refractivity contribution in [3.8, 4) is 0 Å². The largest absolute Gasteiger partial charge is 0.458 e. The van der Waals surface area contributed by atoms with Crippen LogP contribution in [0.1, 0.15) is 34.7 Å². The predicted octanol–water partition coefficient (Wildman–Crippen LogP) is 2.42. The average Bonchev–Trinajstić information content (AvgIpc) is 2.96. The van der Waals surface area contributed by atoms with Crippen molar-refractivity contribution in [2.45, 2.75) is 39.4 Å². The highest BCUT2D eigenvalue weighted by Gasteiger charge is 2.21. The minimum atomic E-state index is -3.21. The second kappa shape index (κ2) is 5.62. The summed E-state index contributed by atoms with van der Waals surface area (Å²) < 4.78 is 52.2. The fourth-order valence-corrected chi connectivity index (χ4v) is 2.49. The van der Waals surface area contributed by atoms with Crippen molar-refractivity contribution in [1.29, 1.82) is 0 Å². The lowest BCUT2D eigenvalue weighted by molar-refractivity contribution is -0.142. The number of esters is 1. The summed E-state index contributed by atoms with van der Waals surface area (Å²) in [6.07, 6.45) is 1.45. The molecule has 3 aromatic rings. The van der Waals surface area contributed by atoms with Crippen molar-refractivity contribution in [2.24, 2.45) is 0 Å². The zero-order valence-electron chi connectivity index (χ0n) is 18.4. The minimum Gasteiger partial charge on any atom is -0.458 e. The number of fused-ring (bicyclic) bond motifs is 3. The molecule has 23 heavy (non-hydrogen) atoms. The van der Waals surface area contributed by atoms with E-state index in [0.717, 1.165) is 0 Å². The van der Waals surface area contributed by atoms with Gasteiger partial charge < -0.3 is 14.4 Å². The number of nitrogens with zero attached hydrogens (tertiary/aromatic N) is 3.